The van der Waals surface area contributed by atoms with E-state index in [0.29, 0.717) is 22.3 Å². The molecule has 104 valence electrons. The van der Waals surface area contributed by atoms with E-state index in [9.17, 15) is 14.5 Å². The van der Waals surface area contributed by atoms with Crippen molar-refractivity contribution in [3.8, 4) is 5.75 Å². The molecule has 0 spiro atoms. The lowest BCUT2D eigenvalue weighted by Crippen LogP contribution is -2.01. The SMILES string of the molecule is O=[N+]([O-])c1cc(CNc2ccc(O)c(F)c2)ccc1Br. The van der Waals surface area contributed by atoms with Gasteiger partial charge in [-0.05, 0) is 39.7 Å². The molecule has 2 N–H and O–H groups in total. The molecule has 0 aliphatic rings. The monoisotopic (exact) mass is 340 g/mol. The van der Waals surface area contributed by atoms with Crippen LogP contribution in [0.4, 0.5) is 15.8 Å². The number of nitrogens with zero attached hydrogens (tertiary/aromatic N) is 1. The van der Waals surface area contributed by atoms with Gasteiger partial charge in [-0.2, -0.15) is 0 Å². The number of hydrogen-bond donors (Lipinski definition) is 2. The number of anilines is 1. The van der Waals surface area contributed by atoms with E-state index in [1.807, 2.05) is 0 Å². The minimum atomic E-state index is -0.725. The zero-order valence-corrected chi connectivity index (χ0v) is 11.7. The summed E-state index contributed by atoms with van der Waals surface area (Å²) in [5, 5.41) is 22.8. The highest BCUT2D eigenvalue weighted by atomic mass is 79.9. The summed E-state index contributed by atoms with van der Waals surface area (Å²) in [7, 11) is 0. The molecule has 0 saturated heterocycles. The van der Waals surface area contributed by atoms with E-state index in [0.717, 1.165) is 6.07 Å². The van der Waals surface area contributed by atoms with E-state index in [-0.39, 0.29) is 5.69 Å². The molecular formula is C13H10BrFN2O3. The third-order valence-corrected chi connectivity index (χ3v) is 3.32. The average Bonchev–Trinajstić information content (AvgIpc) is 2.41. The van der Waals surface area contributed by atoms with Crippen molar-refractivity contribution in [1.29, 1.82) is 0 Å². The van der Waals surface area contributed by atoms with E-state index >= 15 is 0 Å². The first kappa shape index (κ1) is 14.3. The normalized spacial score (nSPS) is 10.3. The van der Waals surface area contributed by atoms with Crippen molar-refractivity contribution in [3.05, 3.63) is 62.4 Å². The summed E-state index contributed by atoms with van der Waals surface area (Å²) in [5.74, 6) is -1.15. The van der Waals surface area contributed by atoms with Crippen molar-refractivity contribution in [2.75, 3.05) is 5.32 Å². The maximum absolute atomic E-state index is 13.1. The van der Waals surface area contributed by atoms with Crippen molar-refractivity contribution < 1.29 is 14.4 Å². The lowest BCUT2D eigenvalue weighted by atomic mass is 10.2. The van der Waals surface area contributed by atoms with Gasteiger partial charge in [-0.3, -0.25) is 10.1 Å². The van der Waals surface area contributed by atoms with Crippen LogP contribution < -0.4 is 5.32 Å². The van der Waals surface area contributed by atoms with E-state index in [1.54, 1.807) is 12.1 Å². The number of rotatable bonds is 4. The summed E-state index contributed by atoms with van der Waals surface area (Å²) in [4.78, 5) is 10.3. The van der Waals surface area contributed by atoms with Gasteiger partial charge in [0.25, 0.3) is 5.69 Å². The van der Waals surface area contributed by atoms with Crippen LogP contribution in [0.5, 0.6) is 5.75 Å². The Morgan fingerprint density at radius 1 is 1.30 bits per heavy atom. The molecule has 0 heterocycles. The standard InChI is InChI=1S/C13H10BrFN2O3/c14-10-3-1-8(5-12(10)17(19)20)7-16-9-2-4-13(18)11(15)6-9/h1-6,16,18H,7H2. The molecule has 0 amide bonds. The van der Waals surface area contributed by atoms with E-state index in [4.69, 9.17) is 5.11 Å². The molecular weight excluding hydrogens is 331 g/mol. The number of aromatic hydroxyl groups is 1. The van der Waals surface area contributed by atoms with Crippen LogP contribution in [-0.2, 0) is 6.54 Å². The molecule has 2 rings (SSSR count). The summed E-state index contributed by atoms with van der Waals surface area (Å²) in [6, 6.07) is 8.66. The Kier molecular flexibility index (Phi) is 4.19. The molecule has 0 radical (unpaired) electrons. The molecule has 20 heavy (non-hydrogen) atoms. The topological polar surface area (TPSA) is 75.4 Å². The summed E-state index contributed by atoms with van der Waals surface area (Å²) in [6.07, 6.45) is 0. The van der Waals surface area contributed by atoms with Crippen molar-refractivity contribution in [2.24, 2.45) is 0 Å². The van der Waals surface area contributed by atoms with Crippen LogP contribution in [0.25, 0.3) is 0 Å². The molecule has 0 fully saturated rings. The maximum Gasteiger partial charge on any atom is 0.283 e. The zero-order valence-electron chi connectivity index (χ0n) is 10.1. The summed E-state index contributed by atoms with van der Waals surface area (Å²) >= 11 is 3.11. The maximum atomic E-state index is 13.1. The number of phenolic OH excluding ortho intramolecular Hbond substituents is 1. The Morgan fingerprint density at radius 3 is 2.70 bits per heavy atom. The van der Waals surface area contributed by atoms with Crippen molar-refractivity contribution >= 4 is 27.3 Å². The zero-order chi connectivity index (χ0) is 14.7. The summed E-state index contributed by atoms with van der Waals surface area (Å²) in [5.41, 5.74) is 1.14. The second-order valence-electron chi connectivity index (χ2n) is 4.06. The van der Waals surface area contributed by atoms with Crippen molar-refractivity contribution in [3.63, 3.8) is 0 Å². The first-order chi connectivity index (χ1) is 9.47. The van der Waals surface area contributed by atoms with Crippen LogP contribution in [0.3, 0.4) is 0 Å². The van der Waals surface area contributed by atoms with Crippen molar-refractivity contribution in [2.45, 2.75) is 6.54 Å². The lowest BCUT2D eigenvalue weighted by Gasteiger charge is -2.07. The van der Waals surface area contributed by atoms with Crippen LogP contribution in [0.2, 0.25) is 0 Å². The largest absolute Gasteiger partial charge is 0.505 e. The van der Waals surface area contributed by atoms with Crippen molar-refractivity contribution in [1.82, 2.24) is 0 Å². The quantitative estimate of drug-likeness (QED) is 0.504. The Balaban J connectivity index is 2.12. The van der Waals surface area contributed by atoms with Gasteiger partial charge >= 0.3 is 0 Å². The highest BCUT2D eigenvalue weighted by Crippen LogP contribution is 2.26. The number of benzene rings is 2. The van der Waals surface area contributed by atoms with Gasteiger partial charge in [-0.1, -0.05) is 6.07 Å². The first-order valence-corrected chi connectivity index (χ1v) is 6.42. The molecule has 2 aromatic carbocycles. The molecule has 0 aliphatic carbocycles. The first-order valence-electron chi connectivity index (χ1n) is 5.62. The van der Waals surface area contributed by atoms with Crippen LogP contribution >= 0.6 is 15.9 Å². The second-order valence-corrected chi connectivity index (χ2v) is 4.92. The Morgan fingerprint density at radius 2 is 2.05 bits per heavy atom. The number of phenols is 1. The molecule has 0 aromatic heterocycles. The number of nitro groups is 1. The highest BCUT2D eigenvalue weighted by Gasteiger charge is 2.12. The predicted molar refractivity (Wildman–Crippen MR) is 76.2 cm³/mol. The summed E-state index contributed by atoms with van der Waals surface area (Å²) < 4.78 is 13.5. The molecule has 0 saturated carbocycles. The van der Waals surface area contributed by atoms with E-state index in [2.05, 4.69) is 21.2 Å². The summed E-state index contributed by atoms with van der Waals surface area (Å²) in [6.45, 7) is 0.304. The van der Waals surface area contributed by atoms with Gasteiger partial charge in [0.2, 0.25) is 0 Å². The van der Waals surface area contributed by atoms with Crippen LogP contribution in [0.15, 0.2) is 40.9 Å². The van der Waals surface area contributed by atoms with Crippen LogP contribution in [0, 0.1) is 15.9 Å². The fourth-order valence-electron chi connectivity index (χ4n) is 1.63. The van der Waals surface area contributed by atoms with Gasteiger partial charge in [0.1, 0.15) is 0 Å². The Labute approximate surface area is 122 Å². The van der Waals surface area contributed by atoms with Crippen LogP contribution in [-0.4, -0.2) is 10.0 Å². The molecule has 0 unspecified atom stereocenters. The molecule has 0 aliphatic heterocycles. The van der Waals surface area contributed by atoms with Gasteiger partial charge < -0.3 is 10.4 Å². The fourth-order valence-corrected chi connectivity index (χ4v) is 2.02. The molecule has 0 bridgehead atoms. The average molecular weight is 341 g/mol. The third kappa shape index (κ3) is 3.24. The Hall–Kier alpha value is -2.15. The van der Waals surface area contributed by atoms with E-state index < -0.39 is 16.5 Å². The number of halogens is 2. The minimum absolute atomic E-state index is 0.0267. The molecule has 2 aromatic rings. The number of hydrogen-bond acceptors (Lipinski definition) is 4. The second kappa shape index (κ2) is 5.87. The van der Waals surface area contributed by atoms with Gasteiger partial charge in [-0.25, -0.2) is 4.39 Å². The number of nitro benzene ring substituents is 1. The molecule has 0 atom stereocenters. The predicted octanol–water partition coefficient (Wildman–Crippen LogP) is 3.81. The highest BCUT2D eigenvalue weighted by molar-refractivity contribution is 9.10. The Bertz CT molecular complexity index is 664. The third-order valence-electron chi connectivity index (χ3n) is 2.65. The van der Waals surface area contributed by atoms with E-state index in [1.165, 1.54) is 18.2 Å². The molecule has 5 nitrogen and oxygen atoms in total. The molecule has 7 heteroatoms. The fraction of sp³-hybridized carbons (Fsp3) is 0.0769. The van der Waals surface area contributed by atoms with Gasteiger partial charge in [0, 0.05) is 24.4 Å². The minimum Gasteiger partial charge on any atom is -0.505 e. The lowest BCUT2D eigenvalue weighted by molar-refractivity contribution is -0.385. The smallest absolute Gasteiger partial charge is 0.283 e. The van der Waals surface area contributed by atoms with Gasteiger partial charge in [0.05, 0.1) is 9.40 Å². The van der Waals surface area contributed by atoms with Gasteiger partial charge in [-0.15, -0.1) is 0 Å². The van der Waals surface area contributed by atoms with Crippen LogP contribution in [0.1, 0.15) is 5.56 Å². The van der Waals surface area contributed by atoms with Gasteiger partial charge in [0.15, 0.2) is 11.6 Å². The number of nitrogens with one attached hydrogen (secondary N) is 1.